The van der Waals surface area contributed by atoms with Crippen LogP contribution in [0.25, 0.3) is 5.70 Å². The monoisotopic (exact) mass is 205 g/mol. The van der Waals surface area contributed by atoms with Gasteiger partial charge in [0.05, 0.1) is 23.3 Å². The van der Waals surface area contributed by atoms with Crippen molar-refractivity contribution in [2.24, 2.45) is 0 Å². The number of nitrogens with one attached hydrogen (secondary N) is 1. The second-order valence-corrected chi connectivity index (χ2v) is 3.57. The zero-order valence-corrected chi connectivity index (χ0v) is 9.91. The van der Waals surface area contributed by atoms with Gasteiger partial charge in [0.2, 0.25) is 0 Å². The lowest BCUT2D eigenvalue weighted by Crippen LogP contribution is -2.11. The van der Waals surface area contributed by atoms with Crippen molar-refractivity contribution >= 4 is 11.4 Å². The average molecular weight is 205 g/mol. The maximum Gasteiger partial charge on any atom is 0.0861 e. The molecule has 1 aromatic heterocycles. The third kappa shape index (κ3) is 2.98. The van der Waals surface area contributed by atoms with Crippen molar-refractivity contribution in [3.8, 4) is 0 Å². The predicted octanol–water partition coefficient (Wildman–Crippen LogP) is 2.44. The number of pyridine rings is 1. The molecule has 1 aromatic rings. The van der Waals surface area contributed by atoms with Crippen LogP contribution in [-0.2, 0) is 0 Å². The molecule has 82 valence electrons. The molecule has 0 spiro atoms. The number of aromatic nitrogens is 1. The molecule has 0 aliphatic heterocycles. The summed E-state index contributed by atoms with van der Waals surface area (Å²) in [5, 5.41) is 3.06. The fraction of sp³-hybridized carbons (Fsp3) is 0.417. The molecule has 0 saturated carbocycles. The van der Waals surface area contributed by atoms with Gasteiger partial charge in [-0.15, -0.1) is 0 Å². The van der Waals surface area contributed by atoms with Crippen LogP contribution in [0.3, 0.4) is 0 Å². The minimum Gasteiger partial charge on any atom is -0.387 e. The van der Waals surface area contributed by atoms with Gasteiger partial charge >= 0.3 is 0 Å². The summed E-state index contributed by atoms with van der Waals surface area (Å²) in [4.78, 5) is 6.51. The van der Waals surface area contributed by atoms with Crippen molar-refractivity contribution in [1.29, 1.82) is 0 Å². The molecule has 0 unspecified atom stereocenters. The number of anilines is 1. The number of hydrogen-bond acceptors (Lipinski definition) is 3. The third-order valence-corrected chi connectivity index (χ3v) is 2.19. The van der Waals surface area contributed by atoms with Crippen LogP contribution in [0.4, 0.5) is 5.69 Å². The Morgan fingerprint density at radius 1 is 1.47 bits per heavy atom. The normalized spacial score (nSPS) is 11.3. The van der Waals surface area contributed by atoms with Crippen LogP contribution in [0.1, 0.15) is 19.0 Å². The van der Waals surface area contributed by atoms with E-state index in [0.717, 1.165) is 17.8 Å². The summed E-state index contributed by atoms with van der Waals surface area (Å²) in [5.41, 5.74) is 3.22. The molecule has 0 aliphatic carbocycles. The molecule has 0 aromatic carbocycles. The number of hydrogen-bond donors (Lipinski definition) is 1. The van der Waals surface area contributed by atoms with E-state index in [1.54, 1.807) is 0 Å². The summed E-state index contributed by atoms with van der Waals surface area (Å²) in [7, 11) is 5.97. The zero-order chi connectivity index (χ0) is 11.3. The summed E-state index contributed by atoms with van der Waals surface area (Å²) < 4.78 is 0. The molecule has 0 saturated heterocycles. The van der Waals surface area contributed by atoms with Gasteiger partial charge < -0.3 is 10.2 Å². The van der Waals surface area contributed by atoms with E-state index in [1.807, 2.05) is 39.5 Å². The molecule has 0 bridgehead atoms. The first-order valence-electron chi connectivity index (χ1n) is 5.20. The quantitative estimate of drug-likeness (QED) is 0.818. The fourth-order valence-electron chi connectivity index (χ4n) is 1.40. The standard InChI is InChI=1S/C12H19N3/c1-5-6-12(15(3)4)11-8-7-10(13-2)9-14-11/h6-9,13H,5H2,1-4H3/b12-6+. The second kappa shape index (κ2) is 5.39. The molecule has 0 atom stereocenters. The summed E-state index contributed by atoms with van der Waals surface area (Å²) in [6, 6.07) is 4.07. The van der Waals surface area contributed by atoms with Crippen LogP contribution >= 0.6 is 0 Å². The zero-order valence-electron chi connectivity index (χ0n) is 9.91. The van der Waals surface area contributed by atoms with E-state index in [4.69, 9.17) is 0 Å². The first-order valence-corrected chi connectivity index (χ1v) is 5.20. The lowest BCUT2D eigenvalue weighted by molar-refractivity contribution is 0.587. The van der Waals surface area contributed by atoms with Crippen LogP contribution in [0.2, 0.25) is 0 Å². The Bertz CT molecular complexity index is 325. The van der Waals surface area contributed by atoms with Crippen molar-refractivity contribution in [2.75, 3.05) is 26.5 Å². The highest BCUT2D eigenvalue weighted by atomic mass is 15.1. The van der Waals surface area contributed by atoms with Crippen molar-refractivity contribution < 1.29 is 0 Å². The van der Waals surface area contributed by atoms with Gasteiger partial charge in [-0.2, -0.15) is 0 Å². The molecule has 0 radical (unpaired) electrons. The summed E-state index contributed by atoms with van der Waals surface area (Å²) in [5.74, 6) is 0. The minimum atomic E-state index is 1.01. The van der Waals surface area contributed by atoms with Gasteiger partial charge in [-0.1, -0.05) is 13.0 Å². The van der Waals surface area contributed by atoms with Crippen molar-refractivity contribution in [1.82, 2.24) is 9.88 Å². The van der Waals surface area contributed by atoms with Crippen molar-refractivity contribution in [3.05, 3.63) is 30.1 Å². The van der Waals surface area contributed by atoms with Crippen LogP contribution in [0, 0.1) is 0 Å². The Kier molecular flexibility index (Phi) is 4.16. The number of allylic oxidation sites excluding steroid dienone is 1. The average Bonchev–Trinajstić information content (AvgIpc) is 2.26. The van der Waals surface area contributed by atoms with E-state index >= 15 is 0 Å². The highest BCUT2D eigenvalue weighted by Gasteiger charge is 2.04. The van der Waals surface area contributed by atoms with E-state index in [-0.39, 0.29) is 0 Å². The topological polar surface area (TPSA) is 28.2 Å². The lowest BCUT2D eigenvalue weighted by atomic mass is 10.2. The molecule has 0 fully saturated rings. The van der Waals surface area contributed by atoms with E-state index < -0.39 is 0 Å². The molecule has 1 N–H and O–H groups in total. The first kappa shape index (κ1) is 11.6. The summed E-state index contributed by atoms with van der Waals surface area (Å²) in [6.45, 7) is 2.13. The minimum absolute atomic E-state index is 1.01. The van der Waals surface area contributed by atoms with Gasteiger partial charge in [-0.25, -0.2) is 0 Å². The molecular weight excluding hydrogens is 186 g/mol. The van der Waals surface area contributed by atoms with E-state index in [1.165, 1.54) is 5.70 Å². The Hall–Kier alpha value is -1.51. The number of nitrogens with zero attached hydrogens (tertiary/aromatic N) is 2. The van der Waals surface area contributed by atoms with Gasteiger partial charge in [0, 0.05) is 21.1 Å². The maximum absolute atomic E-state index is 4.42. The Balaban J connectivity index is 2.97. The molecule has 1 rings (SSSR count). The maximum atomic E-state index is 4.42. The van der Waals surface area contributed by atoms with Gasteiger partial charge in [0.25, 0.3) is 0 Å². The van der Waals surface area contributed by atoms with Crippen LogP contribution in [-0.4, -0.2) is 31.0 Å². The predicted molar refractivity (Wildman–Crippen MR) is 65.7 cm³/mol. The molecule has 3 heteroatoms. The molecule has 1 heterocycles. The molecule has 3 nitrogen and oxygen atoms in total. The van der Waals surface area contributed by atoms with Crippen molar-refractivity contribution in [3.63, 3.8) is 0 Å². The Morgan fingerprint density at radius 3 is 2.60 bits per heavy atom. The largest absolute Gasteiger partial charge is 0.387 e. The Labute approximate surface area is 91.8 Å². The van der Waals surface area contributed by atoms with Crippen LogP contribution < -0.4 is 5.32 Å². The van der Waals surface area contributed by atoms with Gasteiger partial charge in [-0.3, -0.25) is 4.98 Å². The Morgan fingerprint density at radius 2 is 2.20 bits per heavy atom. The van der Waals surface area contributed by atoms with Gasteiger partial charge in [-0.05, 0) is 18.6 Å². The van der Waals surface area contributed by atoms with Crippen molar-refractivity contribution in [2.45, 2.75) is 13.3 Å². The smallest absolute Gasteiger partial charge is 0.0861 e. The van der Waals surface area contributed by atoms with E-state index in [2.05, 4.69) is 28.2 Å². The van der Waals surface area contributed by atoms with Gasteiger partial charge in [0.1, 0.15) is 0 Å². The third-order valence-electron chi connectivity index (χ3n) is 2.19. The van der Waals surface area contributed by atoms with E-state index in [9.17, 15) is 0 Å². The number of rotatable bonds is 4. The van der Waals surface area contributed by atoms with Gasteiger partial charge in [0.15, 0.2) is 0 Å². The highest BCUT2D eigenvalue weighted by molar-refractivity contribution is 5.61. The molecule has 15 heavy (non-hydrogen) atoms. The lowest BCUT2D eigenvalue weighted by Gasteiger charge is -2.16. The SMILES string of the molecule is CC/C=C(\c1ccc(NC)cn1)N(C)C. The highest BCUT2D eigenvalue weighted by Crippen LogP contribution is 2.16. The molecule has 0 amide bonds. The summed E-state index contributed by atoms with van der Waals surface area (Å²) in [6.07, 6.45) is 5.05. The second-order valence-electron chi connectivity index (χ2n) is 3.57. The van der Waals surface area contributed by atoms with E-state index in [0.29, 0.717) is 0 Å². The summed E-state index contributed by atoms with van der Waals surface area (Å²) >= 11 is 0. The van der Waals surface area contributed by atoms with Crippen LogP contribution in [0.15, 0.2) is 24.4 Å². The molecular formula is C12H19N3. The fourth-order valence-corrected chi connectivity index (χ4v) is 1.40. The molecule has 0 aliphatic rings. The first-order chi connectivity index (χ1) is 7.19. The van der Waals surface area contributed by atoms with Crippen LogP contribution in [0.5, 0.6) is 0 Å².